The normalized spacial score (nSPS) is 12.6. The van der Waals surface area contributed by atoms with Gasteiger partial charge in [-0.05, 0) is 48.5 Å². The molecule has 0 unspecified atom stereocenters. The number of ether oxygens (including phenoxy) is 16. The minimum absolute atomic E-state index is 0.264. The number of aromatic amines is 6. The molecule has 0 aliphatic carbocycles. The number of benzene rings is 8. The molecule has 8 aliphatic rings. The number of aromatic nitrogens is 24. The first-order valence-electron chi connectivity index (χ1n) is 45.9. The van der Waals surface area contributed by atoms with Gasteiger partial charge in [-0.1, -0.05) is 97.1 Å². The molecule has 0 saturated carbocycles. The smallest absolute Gasteiger partial charge is 0.246 e. The van der Waals surface area contributed by atoms with Crippen LogP contribution in [0.15, 0.2) is 146 Å². The average Bonchev–Trinajstić information content (AvgIpc) is 1.65. The topological polar surface area (TPSA) is 654 Å². The third-order valence-electron chi connectivity index (χ3n) is 22.6. The summed E-state index contributed by atoms with van der Waals surface area (Å²) < 4.78 is 89.7. The lowest BCUT2D eigenvalue weighted by molar-refractivity contribution is 0.173. The van der Waals surface area contributed by atoms with Crippen molar-refractivity contribution in [2.24, 2.45) is 14.1 Å². The summed E-state index contributed by atoms with van der Waals surface area (Å²) in [5.41, 5.74) is 30.4. The number of anilines is 16. The number of nitrogens with two attached hydrogens (primary N) is 4. The molecule has 20 N–H and O–H groups in total. The lowest BCUT2D eigenvalue weighted by atomic mass is 10.2. The van der Waals surface area contributed by atoms with E-state index >= 15 is 0 Å². The van der Waals surface area contributed by atoms with E-state index in [1.807, 2.05) is 238 Å². The molecule has 0 amide bonds. The quantitative estimate of drug-likeness (QED) is 0.0222. The molecule has 0 fully saturated rings. The summed E-state index contributed by atoms with van der Waals surface area (Å²) >= 11 is 0. The number of hydrogen-bond acceptors (Lipinski definition) is 48. The number of nitrogens with zero attached hydrogens (tertiary/aromatic N) is 24. The Balaban J connectivity index is 0.000000115. The highest BCUT2D eigenvalue weighted by Crippen LogP contribution is 2.44. The molecule has 8 aromatic carbocycles. The molecule has 8 aromatic heterocycles. The van der Waals surface area contributed by atoms with Gasteiger partial charge in [-0.3, -0.25) is 9.13 Å². The monoisotopic (exact) mass is 2030 g/mol. The molecule has 776 valence electrons. The second kappa shape index (κ2) is 46.9. The molecule has 16 heterocycles. The number of nitrogens with one attached hydrogen (secondary N) is 12. The van der Waals surface area contributed by atoms with Crippen molar-refractivity contribution in [1.29, 1.82) is 0 Å². The van der Waals surface area contributed by atoms with E-state index in [1.54, 1.807) is 30.3 Å². The van der Waals surface area contributed by atoms with Gasteiger partial charge in [-0.2, -0.15) is 29.9 Å². The van der Waals surface area contributed by atoms with Crippen LogP contribution in [0.5, 0.6) is 92.0 Å². The SMILES string of the molecule is CN(C)c1n[nH]c(N(C)Cc2cccc3c2OCO3)n1.CN(C)c1n[nH]c(NCc2cccc3c2OCO3)n1.CN(Cc1cccc2c1OCO2)c1n[nH]c(N)n1.CN(Cc1cccc2c1OCO2)c1nnc(N)n1C.CNc1n[nH]c(NCc2cccc3c2OCO3)n1.CNc1nc(N(C)Cc2cccc3c2OCO3)n[nH]1.Cn1c(N)nnc1NCc1cccc2c1OCO2.Nc1nc(NCc2cccc3c2OCO3)n[nH]1. The third-order valence-corrected chi connectivity index (χ3v) is 22.6. The summed E-state index contributed by atoms with van der Waals surface area (Å²) in [7, 11) is 22.5. The van der Waals surface area contributed by atoms with Gasteiger partial charge in [0.15, 0.2) is 92.0 Å². The van der Waals surface area contributed by atoms with Crippen LogP contribution in [0, 0.1) is 0 Å². The molecule has 56 heteroatoms. The average molecular weight is 2030 g/mol. The summed E-state index contributed by atoms with van der Waals surface area (Å²) in [6, 6.07) is 46.5. The summed E-state index contributed by atoms with van der Waals surface area (Å²) in [6.45, 7) is 7.04. The van der Waals surface area contributed by atoms with Crippen molar-refractivity contribution in [2.45, 2.75) is 52.4 Å². The van der Waals surface area contributed by atoms with E-state index in [2.05, 4.69) is 143 Å². The predicted octanol–water partition coefficient (Wildman–Crippen LogP) is 7.83. The Morgan fingerprint density at radius 1 is 0.284 bits per heavy atom. The molecule has 0 radical (unpaired) electrons. The van der Waals surface area contributed by atoms with E-state index in [-0.39, 0.29) is 60.3 Å². The Morgan fingerprint density at radius 3 is 0.953 bits per heavy atom. The Hall–Kier alpha value is -19.5. The van der Waals surface area contributed by atoms with Crippen molar-refractivity contribution in [3.05, 3.63) is 190 Å². The zero-order chi connectivity index (χ0) is 103. The standard InChI is InChI=1S/C13H17N5O2.3C12H15N5O2.3C11H13N5O2.C10H11N5O2/c1-17(2)12-14-13(16-15-12)18(3)7-9-5-4-6-10-11(9)20-8-19-10;1-16(12-15-14-11(13)17(12)2)6-8-4-3-5-9-10(8)19-7-18-9;1-17(2)12-14-11(15-16-12)13-6-8-4-3-5-9-10(8)19-7-18-9;1-13-11-14-12(16-15-11)17(2)6-8-4-3-5-9-10(8)19-7-18-9;1-16(11-13-10(12)14-15-11)5-7-3-2-4-8-9(7)18-6-17-8;1-16-10(12)14-15-11(16)13-5-7-3-2-4-8-9(7)18-6-17-8;1-12-10-14-11(16-15-10)13-5-7-3-2-4-8-9(7)18-6-17-8;11-9-13-10(15-14-9)12-4-6-2-1-3-7-8(6)17-5-16-7/h4-6H,7-8H2,1-3H3,(H,14,15,16);3-5H,6-7H2,1-2H3,(H2,13,14);2*3-5H,6-7H2,1-2H3,(H2,13,14,15,16);2-4H,5-6H2,1H3,(H3,12,13,14,15);2-4H,5-6H2,1H3,(H2,12,14)(H,13,15);2-4H,5-6H2,1H3,(H3,12,13,14,15,16);1-3H,4-5H2,(H4,11,12,13,14,15). The van der Waals surface area contributed by atoms with E-state index < -0.39 is 0 Å². The van der Waals surface area contributed by atoms with Crippen LogP contribution in [-0.2, 0) is 66.5 Å². The fourth-order valence-electron chi connectivity index (χ4n) is 15.1. The van der Waals surface area contributed by atoms with Crippen molar-refractivity contribution in [3.63, 3.8) is 0 Å². The molecule has 0 atom stereocenters. The maximum absolute atomic E-state index is 5.68. The number of hydrogen-bond donors (Lipinski definition) is 16. The van der Waals surface area contributed by atoms with Gasteiger partial charge in [0, 0.05) is 181 Å². The lowest BCUT2D eigenvalue weighted by Gasteiger charge is -2.18. The Morgan fingerprint density at radius 2 is 0.601 bits per heavy atom. The van der Waals surface area contributed by atoms with Crippen LogP contribution in [0.1, 0.15) is 44.5 Å². The predicted molar refractivity (Wildman–Crippen MR) is 544 cm³/mol. The Labute approximate surface area is 845 Å². The van der Waals surface area contributed by atoms with Gasteiger partial charge in [-0.15, -0.1) is 51.0 Å². The van der Waals surface area contributed by atoms with Crippen molar-refractivity contribution < 1.29 is 75.8 Å². The highest BCUT2D eigenvalue weighted by atomic mass is 16.7. The summed E-state index contributed by atoms with van der Waals surface area (Å²) in [6.07, 6.45) is 0. The van der Waals surface area contributed by atoms with Gasteiger partial charge in [0.05, 0.1) is 0 Å². The molecular weight excluding hydrogens is 1920 g/mol. The van der Waals surface area contributed by atoms with E-state index in [9.17, 15) is 0 Å². The van der Waals surface area contributed by atoms with Crippen molar-refractivity contribution in [2.75, 3.05) is 209 Å². The summed E-state index contributed by atoms with van der Waals surface area (Å²) in [5.74, 6) is 21.3. The van der Waals surface area contributed by atoms with Gasteiger partial charge >= 0.3 is 0 Å². The summed E-state index contributed by atoms with van der Waals surface area (Å²) in [5, 5.41) is 74.6. The van der Waals surface area contributed by atoms with Crippen LogP contribution < -0.4 is 160 Å². The van der Waals surface area contributed by atoms with E-state index in [0.717, 1.165) is 136 Å². The minimum atomic E-state index is 0.264. The van der Waals surface area contributed by atoms with Crippen molar-refractivity contribution in [1.82, 2.24) is 121 Å². The Kier molecular flexibility index (Phi) is 31.7. The maximum atomic E-state index is 5.68. The fraction of sp³-hybridized carbons (Fsp3) is 0.304. The third kappa shape index (κ3) is 24.6. The van der Waals surface area contributed by atoms with Gasteiger partial charge in [0.2, 0.25) is 150 Å². The van der Waals surface area contributed by atoms with Crippen LogP contribution in [-0.4, -0.2) is 245 Å². The second-order valence-electron chi connectivity index (χ2n) is 33.2. The van der Waals surface area contributed by atoms with Crippen LogP contribution in [0.4, 0.5) is 95.2 Å². The number of fused-ring (bicyclic) bond motifs is 8. The summed E-state index contributed by atoms with van der Waals surface area (Å²) in [4.78, 5) is 36.6. The van der Waals surface area contributed by atoms with E-state index in [1.165, 1.54) is 0 Å². The Bertz CT molecular complexity index is 7110. The molecule has 0 saturated heterocycles. The molecule has 0 bridgehead atoms. The molecule has 24 rings (SSSR count). The lowest BCUT2D eigenvalue weighted by Crippen LogP contribution is -2.20. The van der Waals surface area contributed by atoms with E-state index in [4.69, 9.17) is 98.7 Å². The molecule has 8 aliphatic heterocycles. The van der Waals surface area contributed by atoms with Gasteiger partial charge < -0.3 is 160 Å². The highest BCUT2D eigenvalue weighted by molar-refractivity contribution is 5.58. The van der Waals surface area contributed by atoms with Gasteiger partial charge in [-0.25, -0.2) is 30.6 Å². The largest absolute Gasteiger partial charge is 0.454 e. The van der Waals surface area contributed by atoms with Crippen LogP contribution >= 0.6 is 0 Å². The minimum Gasteiger partial charge on any atom is -0.454 e. The maximum Gasteiger partial charge on any atom is 0.246 e. The van der Waals surface area contributed by atoms with E-state index in [0.29, 0.717) is 142 Å². The van der Waals surface area contributed by atoms with Gasteiger partial charge in [0.25, 0.3) is 0 Å². The molecule has 148 heavy (non-hydrogen) atoms. The number of H-pyrrole nitrogens is 6. The van der Waals surface area contributed by atoms with Crippen molar-refractivity contribution >= 4 is 95.2 Å². The molecule has 0 spiro atoms. The fourth-order valence-corrected chi connectivity index (χ4v) is 15.1. The molecule has 56 nitrogen and oxygen atoms in total. The van der Waals surface area contributed by atoms with Crippen LogP contribution in [0.25, 0.3) is 0 Å². The zero-order valence-electron chi connectivity index (χ0n) is 82.7. The first-order chi connectivity index (χ1) is 72.0. The first-order valence-corrected chi connectivity index (χ1v) is 45.9. The molecular formula is C92H112N40O16. The second-order valence-corrected chi connectivity index (χ2v) is 33.2. The zero-order valence-corrected chi connectivity index (χ0v) is 82.7. The first kappa shape index (κ1) is 100. The number of rotatable bonds is 28. The highest BCUT2D eigenvalue weighted by Gasteiger charge is 2.28. The number of para-hydroxylation sites is 8. The van der Waals surface area contributed by atoms with Crippen molar-refractivity contribution in [3.8, 4) is 92.0 Å². The van der Waals surface area contributed by atoms with Gasteiger partial charge in [0.1, 0.15) is 0 Å². The van der Waals surface area contributed by atoms with Crippen LogP contribution in [0.3, 0.4) is 0 Å². The molecule has 16 aromatic rings. The van der Waals surface area contributed by atoms with Crippen LogP contribution in [0.2, 0.25) is 0 Å². The number of nitrogen functional groups attached to an aromatic ring is 4.